The van der Waals surface area contributed by atoms with E-state index in [0.29, 0.717) is 0 Å². The van der Waals surface area contributed by atoms with Crippen LogP contribution >= 0.6 is 0 Å². The number of aliphatic carboxylic acids is 1. The van der Waals surface area contributed by atoms with E-state index in [4.69, 9.17) is 9.84 Å². The minimum Gasteiger partial charge on any atom is -0.480 e. The second-order valence-corrected chi connectivity index (χ2v) is 6.52. The van der Waals surface area contributed by atoms with Gasteiger partial charge in [-0.2, -0.15) is 0 Å². The zero-order valence-corrected chi connectivity index (χ0v) is 11.4. The number of nitrogens with one attached hydrogen (secondary N) is 1. The summed E-state index contributed by atoms with van der Waals surface area (Å²) >= 11 is 0. The van der Waals surface area contributed by atoms with E-state index >= 15 is 0 Å². The van der Waals surface area contributed by atoms with Crippen LogP contribution < -0.4 is 4.72 Å². The second-order valence-electron chi connectivity index (χ2n) is 4.64. The molecule has 0 bridgehead atoms. The summed E-state index contributed by atoms with van der Waals surface area (Å²) in [7, 11) is -2.19. The van der Waals surface area contributed by atoms with E-state index in [9.17, 15) is 13.2 Å². The Hall–Kier alpha value is -0.660. The highest BCUT2D eigenvalue weighted by molar-refractivity contribution is 7.89. The van der Waals surface area contributed by atoms with Gasteiger partial charge in [-0.1, -0.05) is 19.3 Å². The third-order valence-corrected chi connectivity index (χ3v) is 4.57. The van der Waals surface area contributed by atoms with Crippen LogP contribution in [0.15, 0.2) is 0 Å². The van der Waals surface area contributed by atoms with E-state index < -0.39 is 22.0 Å². The fourth-order valence-electron chi connectivity index (χ4n) is 2.26. The van der Waals surface area contributed by atoms with Crippen LogP contribution in [-0.4, -0.2) is 45.0 Å². The Balaban J connectivity index is 2.64. The number of rotatable bonds is 7. The Morgan fingerprint density at radius 1 is 1.39 bits per heavy atom. The maximum Gasteiger partial charge on any atom is 0.322 e. The summed E-state index contributed by atoms with van der Waals surface area (Å²) in [6.07, 6.45) is 4.56. The van der Waals surface area contributed by atoms with Gasteiger partial charge in [-0.25, -0.2) is 13.1 Å². The Bertz CT molecular complexity index is 362. The first-order valence-corrected chi connectivity index (χ1v) is 7.83. The van der Waals surface area contributed by atoms with Crippen molar-refractivity contribution >= 4 is 16.0 Å². The summed E-state index contributed by atoms with van der Waals surface area (Å²) in [5.41, 5.74) is 0. The highest BCUT2D eigenvalue weighted by Gasteiger charge is 2.32. The molecule has 0 heterocycles. The molecule has 0 spiro atoms. The van der Waals surface area contributed by atoms with Crippen molar-refractivity contribution in [1.82, 2.24) is 4.72 Å². The monoisotopic (exact) mass is 279 g/mol. The van der Waals surface area contributed by atoms with Crippen molar-refractivity contribution in [2.45, 2.75) is 38.1 Å². The van der Waals surface area contributed by atoms with E-state index in [2.05, 4.69) is 4.72 Å². The van der Waals surface area contributed by atoms with Crippen molar-refractivity contribution in [3.8, 4) is 0 Å². The standard InChI is InChI=1S/C11H21NO5S/c1-17-7-8-18(15,16)12-10(11(13)14)9-5-3-2-4-6-9/h9-10,12H,2-8H2,1H3,(H,13,14). The third kappa shape index (κ3) is 4.91. The van der Waals surface area contributed by atoms with E-state index in [1.807, 2.05) is 0 Å². The number of hydrogen-bond acceptors (Lipinski definition) is 4. The molecular formula is C11H21NO5S. The molecule has 7 heteroatoms. The summed E-state index contributed by atoms with van der Waals surface area (Å²) in [5.74, 6) is -1.41. The second kappa shape index (κ2) is 7.06. The van der Waals surface area contributed by atoms with Gasteiger partial charge in [-0.3, -0.25) is 4.79 Å². The van der Waals surface area contributed by atoms with Gasteiger partial charge < -0.3 is 9.84 Å². The van der Waals surface area contributed by atoms with E-state index in [0.717, 1.165) is 32.1 Å². The molecule has 0 saturated heterocycles. The lowest BCUT2D eigenvalue weighted by molar-refractivity contribution is -0.140. The van der Waals surface area contributed by atoms with Crippen molar-refractivity contribution in [2.24, 2.45) is 5.92 Å². The summed E-state index contributed by atoms with van der Waals surface area (Å²) in [5, 5.41) is 9.16. The molecule has 0 radical (unpaired) electrons. The van der Waals surface area contributed by atoms with Crippen molar-refractivity contribution in [1.29, 1.82) is 0 Å². The van der Waals surface area contributed by atoms with Crippen molar-refractivity contribution in [3.05, 3.63) is 0 Å². The lowest BCUT2D eigenvalue weighted by Crippen LogP contribution is -2.47. The van der Waals surface area contributed by atoms with Gasteiger partial charge in [0.05, 0.1) is 12.4 Å². The highest BCUT2D eigenvalue weighted by Crippen LogP contribution is 2.27. The molecule has 2 N–H and O–H groups in total. The molecule has 1 aliphatic carbocycles. The molecule has 1 unspecified atom stereocenters. The van der Waals surface area contributed by atoms with Crippen LogP contribution in [-0.2, 0) is 19.6 Å². The molecule has 1 fully saturated rings. The largest absolute Gasteiger partial charge is 0.480 e. The molecule has 106 valence electrons. The molecule has 0 aliphatic heterocycles. The Morgan fingerprint density at radius 3 is 2.50 bits per heavy atom. The van der Waals surface area contributed by atoms with Crippen LogP contribution in [0, 0.1) is 5.92 Å². The minimum atomic E-state index is -3.59. The van der Waals surface area contributed by atoms with E-state index in [1.54, 1.807) is 0 Å². The van der Waals surface area contributed by atoms with Crippen molar-refractivity contribution in [3.63, 3.8) is 0 Å². The summed E-state index contributed by atoms with van der Waals surface area (Å²) in [4.78, 5) is 11.2. The van der Waals surface area contributed by atoms with Crippen LogP contribution in [0.1, 0.15) is 32.1 Å². The molecule has 0 amide bonds. The molecule has 1 rings (SSSR count). The lowest BCUT2D eigenvalue weighted by Gasteiger charge is -2.27. The minimum absolute atomic E-state index is 0.0618. The molecule has 6 nitrogen and oxygen atoms in total. The number of carboxylic acids is 1. The van der Waals surface area contributed by atoms with E-state index in [-0.39, 0.29) is 18.3 Å². The normalized spacial score (nSPS) is 19.6. The average molecular weight is 279 g/mol. The van der Waals surface area contributed by atoms with Crippen LogP contribution in [0.5, 0.6) is 0 Å². The molecule has 1 atom stereocenters. The fourth-order valence-corrected chi connectivity index (χ4v) is 3.45. The van der Waals surface area contributed by atoms with Gasteiger partial charge in [0, 0.05) is 7.11 Å². The smallest absolute Gasteiger partial charge is 0.322 e. The van der Waals surface area contributed by atoms with Gasteiger partial charge in [0.15, 0.2) is 0 Å². The molecule has 0 aromatic rings. The maximum atomic E-state index is 11.7. The number of sulfonamides is 1. The quantitative estimate of drug-likeness (QED) is 0.711. The molecular weight excluding hydrogens is 258 g/mol. The van der Waals surface area contributed by atoms with Gasteiger partial charge >= 0.3 is 5.97 Å². The van der Waals surface area contributed by atoms with Gasteiger partial charge in [0.1, 0.15) is 6.04 Å². The average Bonchev–Trinajstić information content (AvgIpc) is 2.34. The molecule has 0 aromatic carbocycles. The fraction of sp³-hybridized carbons (Fsp3) is 0.909. The Kier molecular flexibility index (Phi) is 6.04. The highest BCUT2D eigenvalue weighted by atomic mass is 32.2. The first-order chi connectivity index (χ1) is 8.46. The SMILES string of the molecule is COCCS(=O)(=O)NC(C(=O)O)C1CCCCC1. The van der Waals surface area contributed by atoms with E-state index in [1.165, 1.54) is 7.11 Å². The molecule has 1 aliphatic rings. The van der Waals surface area contributed by atoms with Gasteiger partial charge in [-0.15, -0.1) is 0 Å². The number of methoxy groups -OCH3 is 1. The number of hydrogen-bond donors (Lipinski definition) is 2. The van der Waals surface area contributed by atoms with Gasteiger partial charge in [0.25, 0.3) is 0 Å². The number of ether oxygens (including phenoxy) is 1. The maximum absolute atomic E-state index is 11.7. The zero-order chi connectivity index (χ0) is 13.6. The van der Waals surface area contributed by atoms with Crippen LogP contribution in [0.4, 0.5) is 0 Å². The van der Waals surface area contributed by atoms with Crippen LogP contribution in [0.2, 0.25) is 0 Å². The number of carboxylic acid groups (broad SMARTS) is 1. The number of carbonyl (C=O) groups is 1. The van der Waals surface area contributed by atoms with Crippen molar-refractivity contribution < 1.29 is 23.1 Å². The molecule has 18 heavy (non-hydrogen) atoms. The first kappa shape index (κ1) is 15.4. The van der Waals surface area contributed by atoms with Gasteiger partial charge in [0.2, 0.25) is 10.0 Å². The predicted octanol–water partition coefficient (Wildman–Crippen LogP) is 0.586. The summed E-state index contributed by atoms with van der Waals surface area (Å²) in [6.45, 7) is 0.0618. The Morgan fingerprint density at radius 2 is 2.00 bits per heavy atom. The predicted molar refractivity (Wildman–Crippen MR) is 66.8 cm³/mol. The zero-order valence-electron chi connectivity index (χ0n) is 10.6. The molecule has 1 saturated carbocycles. The summed E-state index contributed by atoms with van der Waals surface area (Å²) in [6, 6.07) is -1.01. The van der Waals surface area contributed by atoms with Gasteiger partial charge in [-0.05, 0) is 18.8 Å². The van der Waals surface area contributed by atoms with Crippen LogP contribution in [0.25, 0.3) is 0 Å². The third-order valence-electron chi connectivity index (χ3n) is 3.25. The van der Waals surface area contributed by atoms with Crippen LogP contribution in [0.3, 0.4) is 0 Å². The summed E-state index contributed by atoms with van der Waals surface area (Å²) < 4.78 is 30.4. The van der Waals surface area contributed by atoms with Crippen molar-refractivity contribution in [2.75, 3.05) is 19.5 Å². The Labute approximate surface area is 108 Å². The lowest BCUT2D eigenvalue weighted by atomic mass is 9.84. The topological polar surface area (TPSA) is 92.7 Å². The first-order valence-electron chi connectivity index (χ1n) is 6.18. The molecule has 0 aromatic heterocycles.